The highest BCUT2D eigenvalue weighted by atomic mass is 16.3. The molecule has 9 aromatic rings. The van der Waals surface area contributed by atoms with Crippen LogP contribution < -0.4 is 0 Å². The molecule has 5 nitrogen and oxygen atoms in total. The van der Waals surface area contributed by atoms with Gasteiger partial charge in [0, 0.05) is 42.7 Å². The number of hydrogen-bond acceptors (Lipinski definition) is 5. The van der Waals surface area contributed by atoms with Crippen molar-refractivity contribution in [1.29, 1.82) is 0 Å². The lowest BCUT2D eigenvalue weighted by Gasteiger charge is -2.20. The largest absolute Gasteiger partial charge is 0.436 e. The first-order chi connectivity index (χ1) is 21.3. The van der Waals surface area contributed by atoms with E-state index in [1.807, 2.05) is 61.4 Å². The van der Waals surface area contributed by atoms with E-state index in [1.165, 1.54) is 26.9 Å². The van der Waals surface area contributed by atoms with Crippen molar-refractivity contribution in [2.24, 2.45) is 0 Å². The molecule has 0 unspecified atom stereocenters. The van der Waals surface area contributed by atoms with Crippen molar-refractivity contribution in [3.8, 4) is 44.8 Å². The molecule has 0 saturated heterocycles. The summed E-state index contributed by atoms with van der Waals surface area (Å²) in [5.41, 5.74) is 9.35. The summed E-state index contributed by atoms with van der Waals surface area (Å²) in [6, 6.07) is 33.9. The summed E-state index contributed by atoms with van der Waals surface area (Å²) in [5.74, 6) is 0.609. The zero-order valence-electron chi connectivity index (χ0n) is 22.9. The SMILES string of the molecule is c1ccc2oc(-c3cc(-c4ccncc4)c4ccc5c(-c6ccncc6)cc(-c6ccncc6)c6ccc3c4c56)nc2c1. The van der Waals surface area contributed by atoms with Crippen LogP contribution in [0.3, 0.4) is 0 Å². The Morgan fingerprint density at radius 2 is 0.837 bits per heavy atom. The van der Waals surface area contributed by atoms with Crippen molar-refractivity contribution >= 4 is 43.4 Å². The van der Waals surface area contributed by atoms with Crippen molar-refractivity contribution in [3.63, 3.8) is 0 Å². The number of para-hydroxylation sites is 2. The Bertz CT molecular complexity index is 2340. The summed E-state index contributed by atoms with van der Waals surface area (Å²) in [6.45, 7) is 0. The van der Waals surface area contributed by atoms with Crippen molar-refractivity contribution in [2.45, 2.75) is 0 Å². The first-order valence-electron chi connectivity index (χ1n) is 14.2. The van der Waals surface area contributed by atoms with E-state index in [1.54, 1.807) is 0 Å². The van der Waals surface area contributed by atoms with Gasteiger partial charge in [-0.3, -0.25) is 15.0 Å². The molecule has 0 atom stereocenters. The summed E-state index contributed by atoms with van der Waals surface area (Å²) < 4.78 is 6.38. The fourth-order valence-electron chi connectivity index (χ4n) is 6.47. The molecule has 4 aromatic heterocycles. The molecule has 0 saturated carbocycles. The molecule has 0 N–H and O–H groups in total. The normalized spacial score (nSPS) is 11.7. The van der Waals surface area contributed by atoms with E-state index < -0.39 is 0 Å². The van der Waals surface area contributed by atoms with Crippen molar-refractivity contribution < 1.29 is 4.42 Å². The van der Waals surface area contributed by atoms with Gasteiger partial charge in [0.05, 0.1) is 0 Å². The highest BCUT2D eigenvalue weighted by Gasteiger charge is 2.22. The fourth-order valence-corrected chi connectivity index (χ4v) is 6.47. The topological polar surface area (TPSA) is 64.7 Å². The van der Waals surface area contributed by atoms with E-state index in [4.69, 9.17) is 9.40 Å². The van der Waals surface area contributed by atoms with E-state index in [0.29, 0.717) is 5.89 Å². The fraction of sp³-hybridized carbons (Fsp3) is 0. The maximum absolute atomic E-state index is 6.38. The lowest BCUT2D eigenvalue weighted by Crippen LogP contribution is -1.94. The Hall–Kier alpha value is -5.94. The maximum Gasteiger partial charge on any atom is 0.227 e. The van der Waals surface area contributed by atoms with E-state index in [9.17, 15) is 0 Å². The van der Waals surface area contributed by atoms with Gasteiger partial charge in [0.2, 0.25) is 5.89 Å². The summed E-state index contributed by atoms with van der Waals surface area (Å²) in [7, 11) is 0. The average molecular weight is 551 g/mol. The van der Waals surface area contributed by atoms with Crippen LogP contribution in [-0.4, -0.2) is 19.9 Å². The second-order valence-electron chi connectivity index (χ2n) is 10.7. The molecule has 0 aliphatic rings. The summed E-state index contributed by atoms with van der Waals surface area (Å²) in [5, 5.41) is 7.05. The zero-order chi connectivity index (χ0) is 28.3. The Kier molecular flexibility index (Phi) is 5.13. The number of benzene rings is 5. The predicted octanol–water partition coefficient (Wildman–Crippen LogP) is 9.58. The molecule has 0 amide bonds. The highest BCUT2D eigenvalue weighted by molar-refractivity contribution is 6.31. The Labute approximate surface area is 246 Å². The van der Waals surface area contributed by atoms with Crippen LogP contribution in [0.2, 0.25) is 0 Å². The molecule has 5 heteroatoms. The Balaban J connectivity index is 1.48. The van der Waals surface area contributed by atoms with Gasteiger partial charge in [-0.25, -0.2) is 4.98 Å². The molecule has 9 rings (SSSR count). The molecule has 5 aromatic carbocycles. The molecule has 0 radical (unpaired) electrons. The third-order valence-electron chi connectivity index (χ3n) is 8.40. The summed E-state index contributed by atoms with van der Waals surface area (Å²) in [4.78, 5) is 17.8. The standard InChI is InChI=1S/C38H22N4O/c1-2-4-35-34(3-1)42-38(43-35)33-22-32(25-13-19-41-20-14-25)28-6-5-26-30(23-9-15-39-16-10-23)21-31(24-11-17-40-18-12-24)27-7-8-29(33)37(28)36(26)27/h1-22H. The van der Waals surface area contributed by atoms with Crippen molar-refractivity contribution in [3.05, 3.63) is 134 Å². The maximum atomic E-state index is 6.38. The molecule has 0 bridgehead atoms. The van der Waals surface area contributed by atoms with Crippen LogP contribution in [0, 0.1) is 0 Å². The lowest BCUT2D eigenvalue weighted by atomic mass is 9.83. The number of fused-ring (bicyclic) bond motifs is 1. The van der Waals surface area contributed by atoms with Crippen LogP contribution in [-0.2, 0) is 0 Å². The van der Waals surface area contributed by atoms with Crippen molar-refractivity contribution in [1.82, 2.24) is 19.9 Å². The molecular formula is C38H22N4O. The summed E-state index contributed by atoms with van der Waals surface area (Å²) in [6.07, 6.45) is 11.1. The summed E-state index contributed by atoms with van der Waals surface area (Å²) >= 11 is 0. The number of hydrogen-bond donors (Lipinski definition) is 0. The van der Waals surface area contributed by atoms with E-state index in [-0.39, 0.29) is 0 Å². The van der Waals surface area contributed by atoms with Gasteiger partial charge >= 0.3 is 0 Å². The monoisotopic (exact) mass is 550 g/mol. The molecule has 200 valence electrons. The number of nitrogens with zero attached hydrogens (tertiary/aromatic N) is 4. The Morgan fingerprint density at radius 1 is 0.419 bits per heavy atom. The van der Waals surface area contributed by atoms with Crippen molar-refractivity contribution in [2.75, 3.05) is 0 Å². The lowest BCUT2D eigenvalue weighted by molar-refractivity contribution is 0.620. The second kappa shape index (κ2) is 9.29. The number of aromatic nitrogens is 4. The van der Waals surface area contributed by atoms with Crippen LogP contribution in [0.4, 0.5) is 0 Å². The third kappa shape index (κ3) is 3.65. The van der Waals surface area contributed by atoms with Gasteiger partial charge in [-0.1, -0.05) is 36.4 Å². The highest BCUT2D eigenvalue weighted by Crippen LogP contribution is 2.48. The molecule has 43 heavy (non-hydrogen) atoms. The zero-order valence-corrected chi connectivity index (χ0v) is 22.9. The Morgan fingerprint density at radius 3 is 1.30 bits per heavy atom. The van der Waals surface area contributed by atoms with Gasteiger partial charge < -0.3 is 4.42 Å². The van der Waals surface area contributed by atoms with Crippen LogP contribution in [0.1, 0.15) is 0 Å². The van der Waals surface area contributed by atoms with Crippen LogP contribution in [0.5, 0.6) is 0 Å². The van der Waals surface area contributed by atoms with Crippen LogP contribution >= 0.6 is 0 Å². The van der Waals surface area contributed by atoms with E-state index >= 15 is 0 Å². The van der Waals surface area contributed by atoms with Gasteiger partial charge in [0.15, 0.2) is 5.58 Å². The minimum Gasteiger partial charge on any atom is -0.436 e. The minimum atomic E-state index is 0.609. The van der Waals surface area contributed by atoms with E-state index in [0.717, 1.165) is 55.4 Å². The van der Waals surface area contributed by atoms with E-state index in [2.05, 4.69) is 87.7 Å². The molecule has 0 spiro atoms. The molecule has 0 aliphatic heterocycles. The molecule has 0 aliphatic carbocycles. The predicted molar refractivity (Wildman–Crippen MR) is 173 cm³/mol. The number of rotatable bonds is 4. The molecular weight excluding hydrogens is 528 g/mol. The first kappa shape index (κ1) is 23.7. The first-order valence-corrected chi connectivity index (χ1v) is 14.2. The van der Waals surface area contributed by atoms with Gasteiger partial charge in [-0.05, 0) is 126 Å². The van der Waals surface area contributed by atoms with Gasteiger partial charge in [0.1, 0.15) is 5.52 Å². The quantitative estimate of drug-likeness (QED) is 0.204. The third-order valence-corrected chi connectivity index (χ3v) is 8.40. The minimum absolute atomic E-state index is 0.609. The number of pyridine rings is 3. The number of oxazole rings is 1. The smallest absolute Gasteiger partial charge is 0.227 e. The second-order valence-corrected chi connectivity index (χ2v) is 10.7. The van der Waals surface area contributed by atoms with Crippen LogP contribution in [0.25, 0.3) is 88.3 Å². The van der Waals surface area contributed by atoms with Gasteiger partial charge in [-0.15, -0.1) is 0 Å². The molecule has 4 heterocycles. The van der Waals surface area contributed by atoms with Gasteiger partial charge in [0.25, 0.3) is 0 Å². The molecule has 0 fully saturated rings. The van der Waals surface area contributed by atoms with Crippen LogP contribution in [0.15, 0.2) is 139 Å². The van der Waals surface area contributed by atoms with Gasteiger partial charge in [-0.2, -0.15) is 0 Å². The average Bonchev–Trinajstić information content (AvgIpc) is 3.52.